The molecule has 3 aromatic rings. The normalized spacial score (nSPS) is 21.1. The van der Waals surface area contributed by atoms with Crippen molar-refractivity contribution in [2.75, 3.05) is 17.2 Å². The lowest BCUT2D eigenvalue weighted by molar-refractivity contribution is -0.137. The van der Waals surface area contributed by atoms with Crippen molar-refractivity contribution in [2.45, 2.75) is 57.8 Å². The molecule has 2 aromatic heterocycles. The van der Waals surface area contributed by atoms with E-state index in [-0.39, 0.29) is 52.2 Å². The molecule has 1 aromatic carbocycles. The summed E-state index contributed by atoms with van der Waals surface area (Å²) >= 11 is 12.4. The van der Waals surface area contributed by atoms with Crippen molar-refractivity contribution < 1.29 is 23.1 Å². The first-order valence-electron chi connectivity index (χ1n) is 11.6. The third-order valence-electron chi connectivity index (χ3n) is 6.71. The van der Waals surface area contributed by atoms with E-state index in [1.807, 2.05) is 11.5 Å². The lowest BCUT2D eigenvalue weighted by Crippen LogP contribution is -2.38. The average molecular weight is 560 g/mol. The number of benzene rings is 1. The Balaban J connectivity index is 1.78. The highest BCUT2D eigenvalue weighted by Gasteiger charge is 2.38. The number of hydrogen-bond acceptors (Lipinski definition) is 7. The third-order valence-corrected chi connectivity index (χ3v) is 7.30. The second kappa shape index (κ2) is 10.1. The van der Waals surface area contributed by atoms with Gasteiger partial charge in [0.2, 0.25) is 17.8 Å². The number of fused-ring (bicyclic) bond motifs is 1. The molecule has 1 aliphatic rings. The highest BCUT2D eigenvalue weighted by Crippen LogP contribution is 2.44. The summed E-state index contributed by atoms with van der Waals surface area (Å²) in [7, 11) is 0. The molecule has 1 aliphatic carbocycles. The molecule has 14 heteroatoms. The molecule has 2 heterocycles. The van der Waals surface area contributed by atoms with E-state index in [9.17, 15) is 23.1 Å². The number of aromatic nitrogens is 4. The number of halogens is 5. The third kappa shape index (κ3) is 5.55. The van der Waals surface area contributed by atoms with Crippen LogP contribution in [-0.4, -0.2) is 43.2 Å². The topological polar surface area (TPSA) is 131 Å². The Labute approximate surface area is 220 Å². The van der Waals surface area contributed by atoms with Crippen molar-refractivity contribution in [3.63, 3.8) is 0 Å². The zero-order valence-electron chi connectivity index (χ0n) is 20.0. The molecule has 1 saturated carbocycles. The van der Waals surface area contributed by atoms with Gasteiger partial charge < -0.3 is 21.5 Å². The predicted molar refractivity (Wildman–Crippen MR) is 135 cm³/mol. The molecule has 0 radical (unpaired) electrons. The Bertz CT molecular complexity index is 1300. The highest BCUT2D eigenvalue weighted by atomic mass is 35.5. The van der Waals surface area contributed by atoms with E-state index >= 15 is 0 Å². The molecule has 1 atom stereocenters. The fourth-order valence-corrected chi connectivity index (χ4v) is 4.95. The summed E-state index contributed by atoms with van der Waals surface area (Å²) < 4.78 is 41.4. The summed E-state index contributed by atoms with van der Waals surface area (Å²) in [6.07, 6.45) is -0.888. The number of hydrogen-bond donors (Lipinski definition) is 4. The highest BCUT2D eigenvalue weighted by molar-refractivity contribution is 6.39. The Morgan fingerprint density at radius 1 is 1.27 bits per heavy atom. The fraction of sp³-hybridized carbons (Fsp3) is 0.478. The first-order chi connectivity index (χ1) is 17.3. The van der Waals surface area contributed by atoms with Crippen LogP contribution in [0.15, 0.2) is 18.3 Å². The van der Waals surface area contributed by atoms with E-state index < -0.39 is 17.2 Å². The molecule has 1 fully saturated rings. The van der Waals surface area contributed by atoms with Gasteiger partial charge in [-0.2, -0.15) is 18.2 Å². The fourth-order valence-electron chi connectivity index (χ4n) is 4.37. The smallest absolute Gasteiger partial charge is 0.394 e. The molecular formula is C23H26Cl2F3N7O2. The number of nitrogens with zero attached hydrogens (tertiary/aromatic N) is 4. The minimum Gasteiger partial charge on any atom is -0.394 e. The maximum Gasteiger partial charge on any atom is 0.416 e. The molecule has 9 nitrogen and oxygen atoms in total. The Morgan fingerprint density at radius 3 is 2.43 bits per heavy atom. The molecule has 200 valence electrons. The van der Waals surface area contributed by atoms with Crippen molar-refractivity contribution in [2.24, 2.45) is 11.1 Å². The van der Waals surface area contributed by atoms with Gasteiger partial charge in [-0.25, -0.2) is 9.97 Å². The maximum absolute atomic E-state index is 13.2. The van der Waals surface area contributed by atoms with Gasteiger partial charge >= 0.3 is 6.18 Å². The summed E-state index contributed by atoms with van der Waals surface area (Å²) in [6.45, 7) is 3.46. The lowest BCUT2D eigenvalue weighted by Gasteiger charge is -2.35. The zero-order chi connectivity index (χ0) is 27.1. The van der Waals surface area contributed by atoms with Crippen molar-refractivity contribution >= 4 is 57.9 Å². The van der Waals surface area contributed by atoms with Crippen LogP contribution in [0, 0.1) is 5.41 Å². The van der Waals surface area contributed by atoms with Crippen LogP contribution >= 0.6 is 23.2 Å². The first-order valence-corrected chi connectivity index (χ1v) is 12.3. The number of primary amides is 1. The van der Waals surface area contributed by atoms with Crippen LogP contribution in [0.2, 0.25) is 10.0 Å². The van der Waals surface area contributed by atoms with Crippen molar-refractivity contribution in [3.8, 4) is 0 Å². The van der Waals surface area contributed by atoms with Crippen LogP contribution in [0.4, 0.5) is 30.8 Å². The van der Waals surface area contributed by atoms with E-state index in [4.69, 9.17) is 28.9 Å². The summed E-state index contributed by atoms with van der Waals surface area (Å²) in [4.78, 5) is 25.4. The second-order valence-corrected chi connectivity index (χ2v) is 10.3. The van der Waals surface area contributed by atoms with E-state index in [2.05, 4.69) is 25.6 Å². The van der Waals surface area contributed by atoms with E-state index in [1.54, 1.807) is 6.92 Å². The molecule has 1 amide bonds. The SMILES string of the molecule is C[C@@H](CO)Nc1ncc2nc(Nc3c(Cl)cc(C(F)(F)F)cc3Cl)n(C3CCC(C)(C(N)=O)CC3)c2n1. The summed E-state index contributed by atoms with van der Waals surface area (Å²) in [5, 5.41) is 14.9. The van der Waals surface area contributed by atoms with Crippen LogP contribution in [0.1, 0.15) is 51.1 Å². The van der Waals surface area contributed by atoms with Crippen molar-refractivity contribution in [3.05, 3.63) is 33.9 Å². The number of rotatable bonds is 7. The number of carbonyl (C=O) groups excluding carboxylic acids is 1. The van der Waals surface area contributed by atoms with Gasteiger partial charge in [0.1, 0.15) is 5.52 Å². The van der Waals surface area contributed by atoms with Gasteiger partial charge in [0, 0.05) is 17.5 Å². The molecular weight excluding hydrogens is 534 g/mol. The standard InChI is InChI=1S/C23H26Cl2F3N7O2/c1-11(10-36)31-20-30-9-16-18(34-20)35(13-3-5-22(2,6-4-13)19(29)37)21(32-16)33-17-14(24)7-12(8-15(17)25)23(26,27)28/h7-9,11,13,36H,3-6,10H2,1-2H3,(H2,29,37)(H,32,33)(H,30,31,34)/t11-,13?,22?/m0/s1. The van der Waals surface area contributed by atoms with Gasteiger partial charge in [-0.3, -0.25) is 9.36 Å². The number of nitrogens with two attached hydrogens (primary N) is 1. The summed E-state index contributed by atoms with van der Waals surface area (Å²) in [6, 6.07) is 1.12. The van der Waals surface area contributed by atoms with Crippen LogP contribution in [-0.2, 0) is 11.0 Å². The van der Waals surface area contributed by atoms with Crippen LogP contribution < -0.4 is 16.4 Å². The van der Waals surface area contributed by atoms with Gasteiger partial charge in [0.15, 0.2) is 5.65 Å². The van der Waals surface area contributed by atoms with Gasteiger partial charge in [0.25, 0.3) is 0 Å². The maximum atomic E-state index is 13.2. The molecule has 0 unspecified atom stereocenters. The van der Waals surface area contributed by atoms with Crippen LogP contribution in [0.25, 0.3) is 11.2 Å². The minimum atomic E-state index is -4.61. The largest absolute Gasteiger partial charge is 0.416 e. The van der Waals surface area contributed by atoms with E-state index in [0.29, 0.717) is 36.8 Å². The van der Waals surface area contributed by atoms with Crippen LogP contribution in [0.5, 0.6) is 0 Å². The molecule has 37 heavy (non-hydrogen) atoms. The molecule has 5 N–H and O–H groups in total. The van der Waals surface area contributed by atoms with E-state index in [1.165, 1.54) is 6.20 Å². The quantitative estimate of drug-likeness (QED) is 0.309. The average Bonchev–Trinajstić information content (AvgIpc) is 3.18. The minimum absolute atomic E-state index is 0.0610. The van der Waals surface area contributed by atoms with Crippen LogP contribution in [0.3, 0.4) is 0 Å². The first kappa shape index (κ1) is 27.2. The molecule has 4 rings (SSSR count). The van der Waals surface area contributed by atoms with Gasteiger partial charge in [0.05, 0.1) is 34.1 Å². The van der Waals surface area contributed by atoms with Gasteiger partial charge in [-0.15, -0.1) is 0 Å². The Kier molecular flexibility index (Phi) is 7.46. The Morgan fingerprint density at radius 2 is 1.89 bits per heavy atom. The summed E-state index contributed by atoms with van der Waals surface area (Å²) in [5.41, 5.74) is 4.94. The second-order valence-electron chi connectivity index (χ2n) is 9.53. The number of imidazole rings is 1. The molecule has 0 aliphatic heterocycles. The number of nitrogens with one attached hydrogen (secondary N) is 2. The molecule has 0 spiro atoms. The van der Waals surface area contributed by atoms with Gasteiger partial charge in [-0.1, -0.05) is 30.1 Å². The van der Waals surface area contributed by atoms with Gasteiger partial charge in [-0.05, 0) is 44.7 Å². The van der Waals surface area contributed by atoms with Crippen molar-refractivity contribution in [1.82, 2.24) is 19.5 Å². The number of amides is 1. The number of anilines is 3. The molecule has 0 saturated heterocycles. The number of aliphatic hydroxyl groups excluding tert-OH is 1. The monoisotopic (exact) mass is 559 g/mol. The number of carbonyl (C=O) groups is 1. The lowest BCUT2D eigenvalue weighted by atomic mass is 9.73. The summed E-state index contributed by atoms with van der Waals surface area (Å²) in [5.74, 6) is 0.160. The predicted octanol–water partition coefficient (Wildman–Crippen LogP) is 5.29. The zero-order valence-corrected chi connectivity index (χ0v) is 21.5. The number of alkyl halides is 3. The van der Waals surface area contributed by atoms with Crippen molar-refractivity contribution in [1.29, 1.82) is 0 Å². The van der Waals surface area contributed by atoms with E-state index in [0.717, 1.165) is 12.1 Å². The number of aliphatic hydroxyl groups is 1. The molecule has 0 bridgehead atoms. The Hall–Kier alpha value is -2.83.